The second-order valence-corrected chi connectivity index (χ2v) is 5.89. The predicted molar refractivity (Wildman–Crippen MR) is 79.3 cm³/mol. The van der Waals surface area contributed by atoms with Crippen molar-refractivity contribution in [3.05, 3.63) is 30.5 Å². The SMILES string of the molecule is CCOc1ccc(-c2cn3nc(SC)sc3n2)cc1. The number of ether oxygens (including phenoxy) is 1. The molecular weight excluding hydrogens is 278 g/mol. The number of hydrogen-bond acceptors (Lipinski definition) is 5. The van der Waals surface area contributed by atoms with Gasteiger partial charge < -0.3 is 4.74 Å². The van der Waals surface area contributed by atoms with Crippen molar-refractivity contribution in [1.29, 1.82) is 0 Å². The van der Waals surface area contributed by atoms with Gasteiger partial charge in [0, 0.05) is 5.56 Å². The maximum atomic E-state index is 5.43. The minimum Gasteiger partial charge on any atom is -0.494 e. The zero-order chi connectivity index (χ0) is 13.2. The molecule has 0 atom stereocenters. The van der Waals surface area contributed by atoms with Gasteiger partial charge in [0.2, 0.25) is 4.96 Å². The molecule has 3 rings (SSSR count). The molecule has 2 heterocycles. The van der Waals surface area contributed by atoms with E-state index in [0.717, 1.165) is 26.3 Å². The molecule has 6 heteroatoms. The number of rotatable bonds is 4. The molecule has 98 valence electrons. The smallest absolute Gasteiger partial charge is 0.213 e. The van der Waals surface area contributed by atoms with Crippen molar-refractivity contribution in [1.82, 2.24) is 14.6 Å². The third-order valence-corrected chi connectivity index (χ3v) is 4.56. The number of hydrogen-bond donors (Lipinski definition) is 0. The van der Waals surface area contributed by atoms with Crippen molar-refractivity contribution >= 4 is 28.1 Å². The fourth-order valence-corrected chi connectivity index (χ4v) is 3.13. The Hall–Kier alpha value is -1.53. The van der Waals surface area contributed by atoms with E-state index in [1.807, 2.05) is 48.2 Å². The molecule has 0 spiro atoms. The Kier molecular flexibility index (Phi) is 3.44. The van der Waals surface area contributed by atoms with Crippen molar-refractivity contribution in [2.45, 2.75) is 11.3 Å². The highest BCUT2D eigenvalue weighted by Crippen LogP contribution is 2.27. The van der Waals surface area contributed by atoms with Crippen molar-refractivity contribution in [2.75, 3.05) is 12.9 Å². The Morgan fingerprint density at radius 1 is 1.32 bits per heavy atom. The van der Waals surface area contributed by atoms with Gasteiger partial charge in [-0.2, -0.15) is 0 Å². The van der Waals surface area contributed by atoms with Crippen LogP contribution in [0.4, 0.5) is 0 Å². The Bertz CT molecular complexity index is 656. The summed E-state index contributed by atoms with van der Waals surface area (Å²) in [6.07, 6.45) is 3.98. The second-order valence-electron chi connectivity index (χ2n) is 3.88. The van der Waals surface area contributed by atoms with E-state index in [2.05, 4.69) is 10.1 Å². The molecule has 0 aliphatic rings. The zero-order valence-corrected chi connectivity index (χ0v) is 12.3. The summed E-state index contributed by atoms with van der Waals surface area (Å²) in [5.74, 6) is 0.884. The molecule has 0 fully saturated rings. The molecule has 0 unspecified atom stereocenters. The van der Waals surface area contributed by atoms with E-state index < -0.39 is 0 Å². The molecule has 0 saturated carbocycles. The third-order valence-electron chi connectivity index (χ3n) is 2.66. The maximum Gasteiger partial charge on any atom is 0.213 e. The highest BCUT2D eigenvalue weighted by Gasteiger charge is 2.09. The molecule has 0 N–H and O–H groups in total. The first-order valence-electron chi connectivity index (χ1n) is 5.93. The van der Waals surface area contributed by atoms with Crippen LogP contribution in [-0.2, 0) is 0 Å². The van der Waals surface area contributed by atoms with E-state index in [1.54, 1.807) is 23.1 Å². The van der Waals surface area contributed by atoms with Gasteiger partial charge in [-0.1, -0.05) is 23.1 Å². The molecule has 4 nitrogen and oxygen atoms in total. The topological polar surface area (TPSA) is 39.4 Å². The number of benzene rings is 1. The average Bonchev–Trinajstić information content (AvgIpc) is 2.97. The van der Waals surface area contributed by atoms with Crippen LogP contribution in [0.2, 0.25) is 0 Å². The monoisotopic (exact) mass is 291 g/mol. The Morgan fingerprint density at radius 2 is 2.11 bits per heavy atom. The first kappa shape index (κ1) is 12.5. The van der Waals surface area contributed by atoms with Gasteiger partial charge in [-0.25, -0.2) is 9.50 Å². The maximum absolute atomic E-state index is 5.43. The number of aromatic nitrogens is 3. The molecule has 0 aliphatic carbocycles. The average molecular weight is 291 g/mol. The van der Waals surface area contributed by atoms with Gasteiger partial charge in [-0.05, 0) is 37.4 Å². The van der Waals surface area contributed by atoms with Crippen molar-refractivity contribution in [2.24, 2.45) is 0 Å². The van der Waals surface area contributed by atoms with Gasteiger partial charge in [-0.15, -0.1) is 5.10 Å². The summed E-state index contributed by atoms with van der Waals surface area (Å²) in [6.45, 7) is 2.66. The van der Waals surface area contributed by atoms with E-state index in [-0.39, 0.29) is 0 Å². The third kappa shape index (κ3) is 2.46. The number of fused-ring (bicyclic) bond motifs is 1. The van der Waals surface area contributed by atoms with Crippen LogP contribution in [0.1, 0.15) is 6.92 Å². The lowest BCUT2D eigenvalue weighted by Gasteiger charge is -2.02. The van der Waals surface area contributed by atoms with Gasteiger partial charge in [0.1, 0.15) is 5.75 Å². The summed E-state index contributed by atoms with van der Waals surface area (Å²) in [6, 6.07) is 7.97. The van der Waals surface area contributed by atoms with E-state index >= 15 is 0 Å². The lowest BCUT2D eigenvalue weighted by Crippen LogP contribution is -1.90. The quantitative estimate of drug-likeness (QED) is 0.689. The Balaban J connectivity index is 1.92. The van der Waals surface area contributed by atoms with Crippen LogP contribution in [-0.4, -0.2) is 27.5 Å². The molecule has 0 amide bonds. The lowest BCUT2D eigenvalue weighted by molar-refractivity contribution is 0.340. The van der Waals surface area contributed by atoms with Gasteiger partial charge in [0.15, 0.2) is 4.34 Å². The molecule has 1 aromatic carbocycles. The minimum absolute atomic E-state index is 0.681. The highest BCUT2D eigenvalue weighted by molar-refractivity contribution is 8.00. The van der Waals surface area contributed by atoms with E-state index in [9.17, 15) is 0 Å². The van der Waals surface area contributed by atoms with E-state index in [0.29, 0.717) is 6.61 Å². The molecule has 19 heavy (non-hydrogen) atoms. The fraction of sp³-hybridized carbons (Fsp3) is 0.231. The number of nitrogens with zero attached hydrogens (tertiary/aromatic N) is 3. The molecule has 0 saturated heterocycles. The van der Waals surface area contributed by atoms with Crippen LogP contribution in [0.3, 0.4) is 0 Å². The first-order valence-corrected chi connectivity index (χ1v) is 7.97. The van der Waals surface area contributed by atoms with Crippen molar-refractivity contribution in [3.8, 4) is 17.0 Å². The van der Waals surface area contributed by atoms with Crippen LogP contribution in [0.25, 0.3) is 16.2 Å². The van der Waals surface area contributed by atoms with Gasteiger partial charge in [0.25, 0.3) is 0 Å². The molecule has 0 radical (unpaired) electrons. The largest absolute Gasteiger partial charge is 0.494 e. The summed E-state index contributed by atoms with van der Waals surface area (Å²) < 4.78 is 8.30. The Morgan fingerprint density at radius 3 is 2.74 bits per heavy atom. The number of imidazole rings is 1. The molecule has 0 aliphatic heterocycles. The normalized spacial score (nSPS) is 11.1. The standard InChI is InChI=1S/C13H13N3OS2/c1-3-17-10-6-4-9(5-7-10)11-8-16-12(14-11)19-13(15-16)18-2/h4-8H,3H2,1-2H3. The van der Waals surface area contributed by atoms with Crippen LogP contribution in [0.15, 0.2) is 34.8 Å². The predicted octanol–water partition coefficient (Wildman–Crippen LogP) is 3.58. The van der Waals surface area contributed by atoms with Crippen LogP contribution >= 0.6 is 23.1 Å². The Labute approximate surface area is 119 Å². The highest BCUT2D eigenvalue weighted by atomic mass is 32.2. The summed E-state index contributed by atoms with van der Waals surface area (Å²) in [7, 11) is 0. The van der Waals surface area contributed by atoms with E-state index in [1.165, 1.54) is 0 Å². The molecule has 3 aromatic rings. The summed E-state index contributed by atoms with van der Waals surface area (Å²) in [5, 5.41) is 4.44. The molecular formula is C13H13N3OS2. The second kappa shape index (κ2) is 5.22. The van der Waals surface area contributed by atoms with Gasteiger partial charge >= 0.3 is 0 Å². The van der Waals surface area contributed by atoms with Crippen LogP contribution in [0.5, 0.6) is 5.75 Å². The summed E-state index contributed by atoms with van der Waals surface area (Å²) in [4.78, 5) is 5.52. The molecule has 0 bridgehead atoms. The first-order chi connectivity index (χ1) is 9.30. The zero-order valence-electron chi connectivity index (χ0n) is 10.7. The summed E-state index contributed by atoms with van der Waals surface area (Å²) >= 11 is 3.24. The van der Waals surface area contributed by atoms with Crippen LogP contribution < -0.4 is 4.74 Å². The fourth-order valence-electron chi connectivity index (χ4n) is 1.79. The van der Waals surface area contributed by atoms with Gasteiger partial charge in [-0.3, -0.25) is 0 Å². The molecule has 2 aromatic heterocycles. The number of thioether (sulfide) groups is 1. The van der Waals surface area contributed by atoms with Gasteiger partial charge in [0.05, 0.1) is 18.5 Å². The minimum atomic E-state index is 0.681. The van der Waals surface area contributed by atoms with Crippen molar-refractivity contribution in [3.63, 3.8) is 0 Å². The lowest BCUT2D eigenvalue weighted by atomic mass is 10.2. The van der Waals surface area contributed by atoms with Crippen LogP contribution in [0, 0.1) is 0 Å². The van der Waals surface area contributed by atoms with E-state index in [4.69, 9.17) is 4.74 Å². The summed E-state index contributed by atoms with van der Waals surface area (Å²) in [5.41, 5.74) is 2.02. The van der Waals surface area contributed by atoms with Crippen molar-refractivity contribution < 1.29 is 4.74 Å².